The van der Waals surface area contributed by atoms with Gasteiger partial charge in [0.25, 0.3) is 0 Å². The first kappa shape index (κ1) is 16.4. The molecule has 0 spiro atoms. The zero-order valence-corrected chi connectivity index (χ0v) is 14.0. The number of aryl methyl sites for hydroxylation is 3. The Labute approximate surface area is 132 Å². The average Bonchev–Trinajstić information content (AvgIpc) is 2.47. The van der Waals surface area contributed by atoms with Gasteiger partial charge in [0.1, 0.15) is 6.61 Å². The van der Waals surface area contributed by atoms with Gasteiger partial charge in [-0.2, -0.15) is 0 Å². The van der Waals surface area contributed by atoms with Crippen molar-refractivity contribution in [1.82, 2.24) is 0 Å². The quantitative estimate of drug-likeness (QED) is 0.620. The molecule has 0 aromatic heterocycles. The summed E-state index contributed by atoms with van der Waals surface area (Å²) in [4.78, 5) is 11.8. The predicted octanol–water partition coefficient (Wildman–Crippen LogP) is 3.92. The fourth-order valence-electron chi connectivity index (χ4n) is 2.56. The minimum atomic E-state index is -1.56. The first-order valence-electron chi connectivity index (χ1n) is 7.23. The van der Waals surface area contributed by atoms with E-state index in [1.807, 2.05) is 39.0 Å². The van der Waals surface area contributed by atoms with Crippen LogP contribution in [-0.2, 0) is 9.30 Å². The summed E-state index contributed by atoms with van der Waals surface area (Å²) >= 11 is 0. The molecule has 0 bridgehead atoms. The van der Waals surface area contributed by atoms with Crippen LogP contribution in [0.4, 0.5) is 0 Å². The third-order valence-corrected chi connectivity index (χ3v) is 5.21. The van der Waals surface area contributed by atoms with E-state index >= 15 is 0 Å². The van der Waals surface area contributed by atoms with E-state index in [1.165, 1.54) is 0 Å². The largest absolute Gasteiger partial charge is 0.458 e. The molecule has 0 aliphatic rings. The van der Waals surface area contributed by atoms with Crippen molar-refractivity contribution in [2.24, 2.45) is 0 Å². The summed E-state index contributed by atoms with van der Waals surface area (Å²) in [6.45, 7) is 6.13. The Morgan fingerprint density at radius 3 is 2.23 bits per heavy atom. The van der Waals surface area contributed by atoms with Crippen molar-refractivity contribution in [1.29, 1.82) is 0 Å². The summed E-state index contributed by atoms with van der Waals surface area (Å²) in [6, 6.07) is 12.9. The molecule has 0 fully saturated rings. The number of carbonyl (C=O) groups is 1. The topological polar surface area (TPSA) is 43.4 Å². The summed E-state index contributed by atoms with van der Waals surface area (Å²) < 4.78 is 17.7. The highest BCUT2D eigenvalue weighted by Gasteiger charge is 2.25. The Hall–Kier alpha value is -1.99. The standard InChI is InChI=1S/C18H20O3P/c1-13-11-14(2)17(15(3)12-13)22(20)10-9-21-18(19)16-7-5-4-6-8-16/h4-8,11-12H,9-10H2,1-3H3/q+1. The maximum atomic E-state index is 12.5. The third-order valence-electron chi connectivity index (χ3n) is 3.42. The highest BCUT2D eigenvalue weighted by molar-refractivity contribution is 7.53. The molecule has 0 N–H and O–H groups in total. The number of hydrogen-bond donors (Lipinski definition) is 0. The van der Waals surface area contributed by atoms with E-state index in [0.29, 0.717) is 11.7 Å². The Bertz CT molecular complexity index is 670. The van der Waals surface area contributed by atoms with Crippen LogP contribution in [-0.4, -0.2) is 18.7 Å². The summed E-state index contributed by atoms with van der Waals surface area (Å²) in [7, 11) is -1.56. The van der Waals surface area contributed by atoms with Crippen LogP contribution in [0.3, 0.4) is 0 Å². The zero-order chi connectivity index (χ0) is 16.1. The van der Waals surface area contributed by atoms with E-state index in [-0.39, 0.29) is 12.6 Å². The van der Waals surface area contributed by atoms with Crippen molar-refractivity contribution >= 4 is 19.1 Å². The summed E-state index contributed by atoms with van der Waals surface area (Å²) in [5.41, 5.74) is 3.75. The molecule has 0 saturated carbocycles. The highest BCUT2D eigenvalue weighted by atomic mass is 31.1. The van der Waals surface area contributed by atoms with Gasteiger partial charge < -0.3 is 4.74 Å². The van der Waals surface area contributed by atoms with E-state index in [1.54, 1.807) is 24.3 Å². The second kappa shape index (κ2) is 7.33. The molecular weight excluding hydrogens is 295 g/mol. The Morgan fingerprint density at radius 1 is 1.05 bits per heavy atom. The maximum absolute atomic E-state index is 12.5. The van der Waals surface area contributed by atoms with E-state index < -0.39 is 7.80 Å². The zero-order valence-electron chi connectivity index (χ0n) is 13.1. The minimum Gasteiger partial charge on any atom is -0.458 e. The fourth-order valence-corrected chi connectivity index (χ4v) is 3.95. The molecule has 0 heterocycles. The lowest BCUT2D eigenvalue weighted by molar-refractivity contribution is 0.0529. The molecule has 0 saturated heterocycles. The summed E-state index contributed by atoms with van der Waals surface area (Å²) in [6.07, 6.45) is 0.346. The van der Waals surface area contributed by atoms with Crippen LogP contribution >= 0.6 is 7.80 Å². The lowest BCUT2D eigenvalue weighted by Crippen LogP contribution is -2.13. The van der Waals surface area contributed by atoms with Crippen molar-refractivity contribution in [3.8, 4) is 0 Å². The van der Waals surface area contributed by atoms with Gasteiger partial charge in [-0.15, -0.1) is 0 Å². The molecule has 0 aliphatic heterocycles. The van der Waals surface area contributed by atoms with Crippen molar-refractivity contribution in [3.05, 3.63) is 64.7 Å². The van der Waals surface area contributed by atoms with Gasteiger partial charge in [-0.05, 0) is 32.9 Å². The summed E-state index contributed by atoms with van der Waals surface area (Å²) in [5.74, 6) is -0.374. The average molecular weight is 315 g/mol. The normalized spacial score (nSPS) is 11.1. The van der Waals surface area contributed by atoms with Crippen molar-refractivity contribution in [3.63, 3.8) is 0 Å². The predicted molar refractivity (Wildman–Crippen MR) is 89.5 cm³/mol. The van der Waals surface area contributed by atoms with Crippen LogP contribution in [0.5, 0.6) is 0 Å². The SMILES string of the molecule is Cc1cc(C)c([P+](=O)CCOC(=O)c2ccccc2)c(C)c1. The molecule has 3 nitrogen and oxygen atoms in total. The Morgan fingerprint density at radius 2 is 1.64 bits per heavy atom. The second-order valence-electron chi connectivity index (χ2n) is 5.35. The van der Waals surface area contributed by atoms with E-state index in [0.717, 1.165) is 22.0 Å². The van der Waals surface area contributed by atoms with Gasteiger partial charge in [-0.25, -0.2) is 4.79 Å². The fraction of sp³-hybridized carbons (Fsp3) is 0.278. The molecule has 0 amide bonds. The molecular formula is C18H20O3P+. The Balaban J connectivity index is 1.95. The lowest BCUT2D eigenvalue weighted by atomic mass is 10.1. The van der Waals surface area contributed by atoms with Gasteiger partial charge in [0.05, 0.1) is 5.56 Å². The van der Waals surface area contributed by atoms with Gasteiger partial charge in [-0.3, -0.25) is 0 Å². The van der Waals surface area contributed by atoms with E-state index in [2.05, 4.69) is 0 Å². The van der Waals surface area contributed by atoms with Crippen LogP contribution in [0.15, 0.2) is 42.5 Å². The first-order valence-corrected chi connectivity index (χ1v) is 8.68. The van der Waals surface area contributed by atoms with Crippen molar-refractivity contribution < 1.29 is 14.1 Å². The smallest absolute Gasteiger partial charge is 0.381 e. The van der Waals surface area contributed by atoms with Crippen LogP contribution in [0.1, 0.15) is 27.0 Å². The van der Waals surface area contributed by atoms with E-state index in [4.69, 9.17) is 4.74 Å². The van der Waals surface area contributed by atoms with Crippen molar-refractivity contribution in [2.45, 2.75) is 20.8 Å². The molecule has 2 aromatic rings. The highest BCUT2D eigenvalue weighted by Crippen LogP contribution is 2.25. The molecule has 1 atom stereocenters. The van der Waals surface area contributed by atoms with Crippen LogP contribution < -0.4 is 5.30 Å². The molecule has 4 heteroatoms. The van der Waals surface area contributed by atoms with E-state index in [9.17, 15) is 9.36 Å². The van der Waals surface area contributed by atoms with Crippen LogP contribution in [0.25, 0.3) is 0 Å². The van der Waals surface area contributed by atoms with Gasteiger partial charge in [0.15, 0.2) is 11.5 Å². The molecule has 1 unspecified atom stereocenters. The summed E-state index contributed by atoms with van der Waals surface area (Å²) in [5, 5.41) is 0.886. The molecule has 0 aliphatic carbocycles. The number of esters is 1. The van der Waals surface area contributed by atoms with Gasteiger partial charge in [0.2, 0.25) is 0 Å². The van der Waals surface area contributed by atoms with Crippen molar-refractivity contribution in [2.75, 3.05) is 12.8 Å². The first-order chi connectivity index (χ1) is 10.5. The minimum absolute atomic E-state index is 0.162. The Kier molecular flexibility index (Phi) is 5.46. The van der Waals surface area contributed by atoms with Gasteiger partial charge in [-0.1, -0.05) is 40.5 Å². The molecule has 22 heavy (non-hydrogen) atoms. The number of hydrogen-bond acceptors (Lipinski definition) is 3. The number of rotatable bonds is 5. The monoisotopic (exact) mass is 315 g/mol. The number of carbonyl (C=O) groups excluding carboxylic acids is 1. The number of ether oxygens (including phenoxy) is 1. The molecule has 2 rings (SSSR count). The van der Waals surface area contributed by atoms with Crippen LogP contribution in [0.2, 0.25) is 0 Å². The number of benzene rings is 2. The van der Waals surface area contributed by atoms with Gasteiger partial charge >= 0.3 is 13.8 Å². The van der Waals surface area contributed by atoms with Crippen LogP contribution in [0, 0.1) is 20.8 Å². The van der Waals surface area contributed by atoms with Gasteiger partial charge in [0, 0.05) is 11.1 Å². The molecule has 114 valence electrons. The second-order valence-corrected chi connectivity index (χ2v) is 7.00. The maximum Gasteiger partial charge on any atom is 0.381 e. The third kappa shape index (κ3) is 4.02. The molecule has 2 aromatic carbocycles. The molecule has 0 radical (unpaired) electrons. The lowest BCUT2D eigenvalue weighted by Gasteiger charge is -2.04.